The first kappa shape index (κ1) is 13.0. The third-order valence-electron chi connectivity index (χ3n) is 3.86. The highest BCUT2D eigenvalue weighted by Crippen LogP contribution is 2.22. The first-order chi connectivity index (χ1) is 8.70. The molecular formula is C14H21N3O. The molecule has 0 bridgehead atoms. The summed E-state index contributed by atoms with van der Waals surface area (Å²) in [5, 5.41) is 4.63. The number of piperidine rings is 1. The van der Waals surface area contributed by atoms with Gasteiger partial charge in [0.1, 0.15) is 0 Å². The molecule has 0 radical (unpaired) electrons. The van der Waals surface area contributed by atoms with Crippen LogP contribution in [0.4, 0.5) is 0 Å². The van der Waals surface area contributed by atoms with Crippen LogP contribution in [0.2, 0.25) is 0 Å². The summed E-state index contributed by atoms with van der Waals surface area (Å²) in [5.41, 5.74) is 1.33. The molecule has 1 fully saturated rings. The summed E-state index contributed by atoms with van der Waals surface area (Å²) >= 11 is 0. The Balaban J connectivity index is 1.97. The van der Waals surface area contributed by atoms with Gasteiger partial charge in [0, 0.05) is 20.1 Å². The molecule has 0 amide bonds. The van der Waals surface area contributed by atoms with Gasteiger partial charge in [0.05, 0.1) is 11.3 Å². The maximum Gasteiger partial charge on any atom is 0.0652 e. The standard InChI is InChI=1S/C14H21N3O/c1-12-8-9-17(11-14(12)16(2)15-18)10-13-6-4-3-5-7-13/h3-7,12,14H,8-11H2,1-2H3/t12-,14+/m1/s1. The first-order valence-corrected chi connectivity index (χ1v) is 6.53. The quantitative estimate of drug-likeness (QED) is 0.606. The number of nitroso groups, excluding NO2 is 1. The highest BCUT2D eigenvalue weighted by molar-refractivity contribution is 5.14. The maximum atomic E-state index is 10.7. The van der Waals surface area contributed by atoms with Gasteiger partial charge in [0.2, 0.25) is 0 Å². The van der Waals surface area contributed by atoms with Crippen LogP contribution in [0, 0.1) is 10.8 Å². The molecule has 2 atom stereocenters. The van der Waals surface area contributed by atoms with Crippen molar-refractivity contribution in [2.75, 3.05) is 20.1 Å². The number of benzene rings is 1. The molecule has 0 N–H and O–H groups in total. The summed E-state index contributed by atoms with van der Waals surface area (Å²) in [6, 6.07) is 10.7. The number of rotatable bonds is 4. The fraction of sp³-hybridized carbons (Fsp3) is 0.571. The van der Waals surface area contributed by atoms with Gasteiger partial charge in [-0.1, -0.05) is 37.3 Å². The predicted octanol–water partition coefficient (Wildman–Crippen LogP) is 2.51. The van der Waals surface area contributed by atoms with Crippen LogP contribution in [0.1, 0.15) is 18.9 Å². The molecule has 18 heavy (non-hydrogen) atoms. The van der Waals surface area contributed by atoms with Gasteiger partial charge < -0.3 is 0 Å². The number of hydrogen-bond acceptors (Lipinski definition) is 3. The largest absolute Gasteiger partial charge is 0.297 e. The summed E-state index contributed by atoms with van der Waals surface area (Å²) in [4.78, 5) is 13.1. The third-order valence-corrected chi connectivity index (χ3v) is 3.86. The first-order valence-electron chi connectivity index (χ1n) is 6.53. The van der Waals surface area contributed by atoms with Crippen LogP contribution in [0.3, 0.4) is 0 Å². The zero-order valence-electron chi connectivity index (χ0n) is 11.1. The van der Waals surface area contributed by atoms with Gasteiger partial charge in [-0.15, -0.1) is 4.91 Å². The minimum Gasteiger partial charge on any atom is -0.297 e. The van der Waals surface area contributed by atoms with Gasteiger partial charge >= 0.3 is 0 Å². The van der Waals surface area contributed by atoms with Crippen molar-refractivity contribution in [2.24, 2.45) is 11.2 Å². The maximum absolute atomic E-state index is 10.7. The van der Waals surface area contributed by atoms with E-state index in [1.807, 2.05) is 6.07 Å². The van der Waals surface area contributed by atoms with E-state index in [0.717, 1.165) is 26.1 Å². The normalized spacial score (nSPS) is 24.8. The van der Waals surface area contributed by atoms with Gasteiger partial charge in [-0.2, -0.15) is 0 Å². The lowest BCUT2D eigenvalue weighted by atomic mass is 9.93. The SMILES string of the molecule is C[C@@H]1CCN(Cc2ccccc2)C[C@@H]1N(C)N=O. The van der Waals surface area contributed by atoms with Crippen LogP contribution in [0.5, 0.6) is 0 Å². The second-order valence-corrected chi connectivity index (χ2v) is 5.21. The van der Waals surface area contributed by atoms with Gasteiger partial charge in [0.25, 0.3) is 0 Å². The second kappa shape index (κ2) is 5.96. The summed E-state index contributed by atoms with van der Waals surface area (Å²) in [7, 11) is 1.78. The number of likely N-dealkylation sites (N-methyl/N-ethyl adjacent to an activating group) is 1. The predicted molar refractivity (Wildman–Crippen MR) is 72.8 cm³/mol. The van der Waals surface area contributed by atoms with Crippen LogP contribution in [-0.2, 0) is 6.54 Å². The Morgan fingerprint density at radius 1 is 1.39 bits per heavy atom. The van der Waals surface area contributed by atoms with Crippen LogP contribution in [0.25, 0.3) is 0 Å². The van der Waals surface area contributed by atoms with E-state index in [4.69, 9.17) is 0 Å². The molecule has 1 aromatic carbocycles. The molecule has 0 aromatic heterocycles. The lowest BCUT2D eigenvalue weighted by Gasteiger charge is -2.39. The average molecular weight is 247 g/mol. The minimum absolute atomic E-state index is 0.236. The summed E-state index contributed by atoms with van der Waals surface area (Å²) in [6.07, 6.45) is 1.12. The van der Waals surface area contributed by atoms with E-state index in [9.17, 15) is 4.91 Å². The fourth-order valence-electron chi connectivity index (χ4n) is 2.65. The molecule has 1 saturated heterocycles. The third kappa shape index (κ3) is 3.07. The van der Waals surface area contributed by atoms with Crippen molar-refractivity contribution >= 4 is 0 Å². The highest BCUT2D eigenvalue weighted by Gasteiger charge is 2.29. The zero-order valence-corrected chi connectivity index (χ0v) is 11.1. The molecule has 4 nitrogen and oxygen atoms in total. The van der Waals surface area contributed by atoms with E-state index >= 15 is 0 Å². The smallest absolute Gasteiger partial charge is 0.0652 e. The van der Waals surface area contributed by atoms with Crippen molar-refractivity contribution in [3.05, 3.63) is 40.8 Å². The van der Waals surface area contributed by atoms with Gasteiger partial charge in [-0.25, -0.2) is 0 Å². The molecule has 1 aliphatic rings. The van der Waals surface area contributed by atoms with Crippen LogP contribution in [-0.4, -0.2) is 36.1 Å². The number of likely N-dealkylation sites (tertiary alicyclic amines) is 1. The Hall–Kier alpha value is -1.42. The fourth-order valence-corrected chi connectivity index (χ4v) is 2.65. The van der Waals surface area contributed by atoms with E-state index in [1.54, 1.807) is 12.1 Å². The van der Waals surface area contributed by atoms with Crippen molar-refractivity contribution in [1.82, 2.24) is 9.91 Å². The molecule has 0 spiro atoms. The summed E-state index contributed by atoms with van der Waals surface area (Å²) in [6.45, 7) is 5.17. The van der Waals surface area contributed by atoms with E-state index in [1.165, 1.54) is 5.56 Å². The Morgan fingerprint density at radius 2 is 2.11 bits per heavy atom. The van der Waals surface area contributed by atoms with Crippen LogP contribution < -0.4 is 0 Å². The highest BCUT2D eigenvalue weighted by atomic mass is 16.3. The van der Waals surface area contributed by atoms with Crippen LogP contribution in [0.15, 0.2) is 35.6 Å². The van der Waals surface area contributed by atoms with E-state index in [2.05, 4.69) is 41.4 Å². The topological polar surface area (TPSA) is 35.9 Å². The van der Waals surface area contributed by atoms with Crippen molar-refractivity contribution in [2.45, 2.75) is 25.9 Å². The summed E-state index contributed by atoms with van der Waals surface area (Å²) in [5.74, 6) is 0.528. The molecule has 1 aliphatic heterocycles. The Morgan fingerprint density at radius 3 is 2.78 bits per heavy atom. The van der Waals surface area contributed by atoms with Gasteiger partial charge in [-0.05, 0) is 24.4 Å². The molecule has 0 aliphatic carbocycles. The molecule has 1 aromatic rings. The van der Waals surface area contributed by atoms with Gasteiger partial charge in [-0.3, -0.25) is 9.91 Å². The zero-order chi connectivity index (χ0) is 13.0. The number of nitrogens with zero attached hydrogens (tertiary/aromatic N) is 3. The second-order valence-electron chi connectivity index (χ2n) is 5.21. The van der Waals surface area contributed by atoms with Crippen molar-refractivity contribution in [3.63, 3.8) is 0 Å². The molecule has 2 rings (SSSR count). The lowest BCUT2D eigenvalue weighted by molar-refractivity contribution is 0.0720. The minimum atomic E-state index is 0.236. The van der Waals surface area contributed by atoms with Crippen LogP contribution >= 0.6 is 0 Å². The Kier molecular flexibility index (Phi) is 4.31. The van der Waals surface area contributed by atoms with Crippen molar-refractivity contribution in [1.29, 1.82) is 0 Å². The van der Waals surface area contributed by atoms with Gasteiger partial charge in [0.15, 0.2) is 0 Å². The van der Waals surface area contributed by atoms with E-state index < -0.39 is 0 Å². The molecular weight excluding hydrogens is 226 g/mol. The lowest BCUT2D eigenvalue weighted by Crippen LogP contribution is -2.48. The number of hydrogen-bond donors (Lipinski definition) is 0. The van der Waals surface area contributed by atoms with Crippen molar-refractivity contribution in [3.8, 4) is 0 Å². The van der Waals surface area contributed by atoms with E-state index in [-0.39, 0.29) is 6.04 Å². The van der Waals surface area contributed by atoms with Crippen molar-refractivity contribution < 1.29 is 0 Å². The average Bonchev–Trinajstić information content (AvgIpc) is 2.41. The summed E-state index contributed by atoms with van der Waals surface area (Å²) < 4.78 is 0. The molecule has 0 unspecified atom stereocenters. The molecule has 98 valence electrons. The molecule has 4 heteroatoms. The Bertz CT molecular complexity index is 382. The van der Waals surface area contributed by atoms with E-state index in [0.29, 0.717) is 5.92 Å². The molecule has 0 saturated carbocycles. The molecule has 1 heterocycles. The monoisotopic (exact) mass is 247 g/mol. The Labute approximate surface area is 109 Å².